The van der Waals surface area contributed by atoms with Gasteiger partial charge in [-0.25, -0.2) is 4.39 Å². The predicted octanol–water partition coefficient (Wildman–Crippen LogP) is 4.53. The number of hydrogen-bond acceptors (Lipinski definition) is 2. The van der Waals surface area contributed by atoms with Gasteiger partial charge in [-0.3, -0.25) is 0 Å². The van der Waals surface area contributed by atoms with Gasteiger partial charge in [0.15, 0.2) is 0 Å². The molecule has 0 spiro atoms. The second-order valence-corrected chi connectivity index (χ2v) is 5.26. The topological polar surface area (TPSA) is 25.2 Å². The lowest BCUT2D eigenvalue weighted by molar-refractivity contribution is 0.497. The van der Waals surface area contributed by atoms with Gasteiger partial charge < -0.3 is 9.73 Å². The Kier molecular flexibility index (Phi) is 4.07. The smallest absolute Gasteiger partial charge is 0.137 e. The van der Waals surface area contributed by atoms with Crippen molar-refractivity contribution in [3.63, 3.8) is 0 Å². The lowest BCUT2D eigenvalue weighted by atomic mass is 10.1. The van der Waals surface area contributed by atoms with E-state index < -0.39 is 0 Å². The van der Waals surface area contributed by atoms with Crippen molar-refractivity contribution in [2.45, 2.75) is 26.3 Å². The second kappa shape index (κ2) is 5.57. The summed E-state index contributed by atoms with van der Waals surface area (Å²) < 4.78 is 19.1. The van der Waals surface area contributed by atoms with Gasteiger partial charge >= 0.3 is 0 Å². The number of aryl methyl sites for hydroxylation is 1. The Hall–Kier alpha value is -1.29. The van der Waals surface area contributed by atoms with Crippen molar-refractivity contribution in [3.05, 3.63) is 52.1 Å². The molecule has 1 heterocycles. The van der Waals surface area contributed by atoms with Crippen molar-refractivity contribution in [1.29, 1.82) is 0 Å². The molecule has 0 aliphatic heterocycles. The van der Waals surface area contributed by atoms with Crippen molar-refractivity contribution >= 4 is 21.6 Å². The molecule has 0 bridgehead atoms. The number of benzene rings is 1. The average molecular weight is 312 g/mol. The Bertz CT molecular complexity index is 525. The lowest BCUT2D eigenvalue weighted by Gasteiger charge is -2.16. The van der Waals surface area contributed by atoms with Crippen LogP contribution < -0.4 is 5.32 Å². The van der Waals surface area contributed by atoms with Crippen LogP contribution >= 0.6 is 15.9 Å². The van der Waals surface area contributed by atoms with Crippen LogP contribution in [0.4, 0.5) is 10.1 Å². The molecule has 0 saturated heterocycles. The molecular formula is C14H15BrFNO. The van der Waals surface area contributed by atoms with Crippen LogP contribution in [0.25, 0.3) is 0 Å². The zero-order valence-electron chi connectivity index (χ0n) is 10.3. The lowest BCUT2D eigenvalue weighted by Crippen LogP contribution is -2.18. The van der Waals surface area contributed by atoms with Gasteiger partial charge in [-0.15, -0.1) is 0 Å². The predicted molar refractivity (Wildman–Crippen MR) is 74.3 cm³/mol. The molecule has 2 rings (SSSR count). The average Bonchev–Trinajstić information content (AvgIpc) is 2.78. The number of furan rings is 1. The standard InChI is InChI=1S/C14H15BrFNO/c1-9-6-13(16)12(15)8-14(9)17-10(2)7-11-4-3-5-18-11/h3-6,8,10,17H,7H2,1-2H3. The molecule has 18 heavy (non-hydrogen) atoms. The Balaban J connectivity index is 2.07. The monoisotopic (exact) mass is 311 g/mol. The third kappa shape index (κ3) is 3.13. The highest BCUT2D eigenvalue weighted by Gasteiger charge is 2.09. The van der Waals surface area contributed by atoms with Crippen LogP contribution in [0.2, 0.25) is 0 Å². The molecule has 1 aromatic heterocycles. The van der Waals surface area contributed by atoms with Crippen molar-refractivity contribution in [3.8, 4) is 0 Å². The van der Waals surface area contributed by atoms with Crippen molar-refractivity contribution in [2.24, 2.45) is 0 Å². The van der Waals surface area contributed by atoms with E-state index in [9.17, 15) is 4.39 Å². The molecule has 0 radical (unpaired) electrons. The van der Waals surface area contributed by atoms with Crippen LogP contribution in [-0.2, 0) is 6.42 Å². The summed E-state index contributed by atoms with van der Waals surface area (Å²) >= 11 is 3.20. The maximum atomic E-state index is 13.3. The first-order valence-electron chi connectivity index (χ1n) is 5.81. The van der Waals surface area contributed by atoms with Crippen LogP contribution in [0.15, 0.2) is 39.4 Å². The molecule has 4 heteroatoms. The molecule has 96 valence electrons. The Morgan fingerprint density at radius 2 is 2.22 bits per heavy atom. The molecule has 0 amide bonds. The molecule has 2 aromatic rings. The number of nitrogens with one attached hydrogen (secondary N) is 1. The largest absolute Gasteiger partial charge is 0.469 e. The number of anilines is 1. The maximum Gasteiger partial charge on any atom is 0.137 e. The van der Waals surface area contributed by atoms with Crippen LogP contribution in [0.1, 0.15) is 18.2 Å². The molecule has 1 N–H and O–H groups in total. The summed E-state index contributed by atoms with van der Waals surface area (Å²) in [6.45, 7) is 3.96. The van der Waals surface area contributed by atoms with E-state index in [0.717, 1.165) is 23.4 Å². The number of halogens is 2. The van der Waals surface area contributed by atoms with E-state index >= 15 is 0 Å². The summed E-state index contributed by atoms with van der Waals surface area (Å²) in [5, 5.41) is 3.36. The minimum absolute atomic E-state index is 0.215. The highest BCUT2D eigenvalue weighted by atomic mass is 79.9. The van der Waals surface area contributed by atoms with Crippen LogP contribution in [-0.4, -0.2) is 6.04 Å². The van der Waals surface area contributed by atoms with E-state index in [2.05, 4.69) is 28.2 Å². The Morgan fingerprint density at radius 1 is 1.44 bits per heavy atom. The normalized spacial score (nSPS) is 12.4. The third-order valence-corrected chi connectivity index (χ3v) is 3.36. The Morgan fingerprint density at radius 3 is 2.89 bits per heavy atom. The highest BCUT2D eigenvalue weighted by Crippen LogP contribution is 2.25. The van der Waals surface area contributed by atoms with Gasteiger partial charge in [0.25, 0.3) is 0 Å². The summed E-state index contributed by atoms with van der Waals surface area (Å²) in [6, 6.07) is 7.33. The van der Waals surface area contributed by atoms with Gasteiger partial charge in [0.05, 0.1) is 10.7 Å². The molecule has 0 aliphatic rings. The molecule has 1 aromatic carbocycles. The van der Waals surface area contributed by atoms with E-state index in [4.69, 9.17) is 4.42 Å². The van der Waals surface area contributed by atoms with Crippen LogP contribution in [0.5, 0.6) is 0 Å². The van der Waals surface area contributed by atoms with Crippen molar-refractivity contribution in [1.82, 2.24) is 0 Å². The first-order valence-corrected chi connectivity index (χ1v) is 6.60. The highest BCUT2D eigenvalue weighted by molar-refractivity contribution is 9.10. The molecule has 2 nitrogen and oxygen atoms in total. The SMILES string of the molecule is Cc1cc(F)c(Br)cc1NC(C)Cc1ccco1. The number of hydrogen-bond donors (Lipinski definition) is 1. The zero-order chi connectivity index (χ0) is 13.1. The number of rotatable bonds is 4. The molecule has 0 fully saturated rings. The van der Waals surface area contributed by atoms with Crippen LogP contribution in [0.3, 0.4) is 0 Å². The first kappa shape index (κ1) is 13.1. The molecule has 1 unspecified atom stereocenters. The van der Waals surface area contributed by atoms with Gasteiger partial charge in [0, 0.05) is 18.2 Å². The van der Waals surface area contributed by atoms with Gasteiger partial charge in [-0.2, -0.15) is 0 Å². The van der Waals surface area contributed by atoms with Gasteiger partial charge in [-0.05, 0) is 59.6 Å². The fraction of sp³-hybridized carbons (Fsp3) is 0.286. The van der Waals surface area contributed by atoms with Gasteiger partial charge in [0.1, 0.15) is 11.6 Å². The van der Waals surface area contributed by atoms with E-state index in [0.29, 0.717) is 4.47 Å². The second-order valence-electron chi connectivity index (χ2n) is 4.41. The molecule has 0 aliphatic carbocycles. The van der Waals surface area contributed by atoms with E-state index in [-0.39, 0.29) is 11.9 Å². The van der Waals surface area contributed by atoms with E-state index in [1.807, 2.05) is 19.1 Å². The zero-order valence-corrected chi connectivity index (χ0v) is 11.9. The quantitative estimate of drug-likeness (QED) is 0.897. The fourth-order valence-electron chi connectivity index (χ4n) is 1.85. The Labute approximate surface area is 114 Å². The summed E-state index contributed by atoms with van der Waals surface area (Å²) in [6.07, 6.45) is 2.46. The molecule has 0 saturated carbocycles. The van der Waals surface area contributed by atoms with E-state index in [1.54, 1.807) is 12.3 Å². The summed E-state index contributed by atoms with van der Waals surface area (Å²) in [5.41, 5.74) is 1.82. The third-order valence-electron chi connectivity index (χ3n) is 2.76. The fourth-order valence-corrected chi connectivity index (χ4v) is 2.19. The molecule has 1 atom stereocenters. The van der Waals surface area contributed by atoms with Crippen molar-refractivity contribution in [2.75, 3.05) is 5.32 Å². The van der Waals surface area contributed by atoms with Gasteiger partial charge in [-0.1, -0.05) is 0 Å². The summed E-state index contributed by atoms with van der Waals surface area (Å²) in [5.74, 6) is 0.700. The van der Waals surface area contributed by atoms with E-state index in [1.165, 1.54) is 6.07 Å². The minimum Gasteiger partial charge on any atom is -0.469 e. The van der Waals surface area contributed by atoms with Crippen LogP contribution in [0, 0.1) is 12.7 Å². The van der Waals surface area contributed by atoms with Gasteiger partial charge in [0.2, 0.25) is 0 Å². The molecular weight excluding hydrogens is 297 g/mol. The summed E-state index contributed by atoms with van der Waals surface area (Å²) in [7, 11) is 0. The minimum atomic E-state index is -0.239. The van der Waals surface area contributed by atoms with Crippen molar-refractivity contribution < 1.29 is 8.81 Å². The first-order chi connectivity index (χ1) is 8.56. The summed E-state index contributed by atoms with van der Waals surface area (Å²) in [4.78, 5) is 0. The maximum absolute atomic E-state index is 13.3.